The Labute approximate surface area is 248 Å². The lowest BCUT2D eigenvalue weighted by Crippen LogP contribution is -3.00. The number of quaternary nitrogens is 3. The number of unbranched alkanes of at least 4 members (excludes halogenated alkanes) is 6. The van der Waals surface area contributed by atoms with Crippen LogP contribution < -0.4 is 50.9 Å². The molecule has 0 radical (unpaired) electrons. The molecule has 0 saturated carbocycles. The minimum absolute atomic E-state index is 0. The molecule has 34 heavy (non-hydrogen) atoms. The summed E-state index contributed by atoms with van der Waals surface area (Å²) in [6, 6.07) is 0. The molecule has 0 N–H and O–H groups in total. The summed E-state index contributed by atoms with van der Waals surface area (Å²) in [7, 11) is 0. The average molecular weight is 683 g/mol. The minimum atomic E-state index is 0. The van der Waals surface area contributed by atoms with Gasteiger partial charge in [-0.3, -0.25) is 0 Å². The van der Waals surface area contributed by atoms with Gasteiger partial charge < -0.3 is 64.4 Å². The standard InChI is InChI=1S/C28H64N3.3BrH/c1-9-29(10-2,11-3)25-21-17-19-23-27-31(15-7,16-8)28-24-20-18-22-26-30(12-4,13-5)14-6;;;/h9-28H2,1-8H3;3*1H/q+3;;;/p-3. The van der Waals surface area contributed by atoms with Gasteiger partial charge in [0.1, 0.15) is 0 Å². The van der Waals surface area contributed by atoms with Crippen molar-refractivity contribution in [2.75, 3.05) is 78.5 Å². The Kier molecular flexibility index (Phi) is 30.7. The van der Waals surface area contributed by atoms with Gasteiger partial charge in [0.15, 0.2) is 0 Å². The van der Waals surface area contributed by atoms with Crippen LogP contribution >= 0.6 is 0 Å². The van der Waals surface area contributed by atoms with E-state index in [1.807, 2.05) is 0 Å². The summed E-state index contributed by atoms with van der Waals surface area (Å²) >= 11 is 0. The topological polar surface area (TPSA) is 0 Å². The third-order valence-corrected chi connectivity index (χ3v) is 9.40. The molecule has 0 aromatic carbocycles. The maximum Gasteiger partial charge on any atom is 0.0786 e. The van der Waals surface area contributed by atoms with Gasteiger partial charge in [0.2, 0.25) is 0 Å². The highest BCUT2D eigenvalue weighted by molar-refractivity contribution is 4.50. The third-order valence-electron chi connectivity index (χ3n) is 9.40. The Balaban J connectivity index is -0.00000150. The molecule has 0 aliphatic heterocycles. The molecule has 0 unspecified atom stereocenters. The van der Waals surface area contributed by atoms with Crippen molar-refractivity contribution in [2.24, 2.45) is 0 Å². The Morgan fingerprint density at radius 3 is 0.618 bits per heavy atom. The number of hydrogen-bond acceptors (Lipinski definition) is 0. The van der Waals surface area contributed by atoms with Crippen molar-refractivity contribution >= 4 is 0 Å². The van der Waals surface area contributed by atoms with Gasteiger partial charge in [-0.2, -0.15) is 0 Å². The van der Waals surface area contributed by atoms with Gasteiger partial charge in [-0.05, 0) is 107 Å². The molecule has 3 nitrogen and oxygen atoms in total. The van der Waals surface area contributed by atoms with Crippen molar-refractivity contribution in [3.05, 3.63) is 0 Å². The second-order valence-corrected chi connectivity index (χ2v) is 10.3. The second kappa shape index (κ2) is 24.6. The molecule has 0 saturated heterocycles. The van der Waals surface area contributed by atoms with E-state index in [0.717, 1.165) is 0 Å². The van der Waals surface area contributed by atoms with Crippen molar-refractivity contribution in [1.29, 1.82) is 0 Å². The summed E-state index contributed by atoms with van der Waals surface area (Å²) in [5.74, 6) is 0. The van der Waals surface area contributed by atoms with E-state index >= 15 is 0 Å². The number of nitrogens with zero attached hydrogens (tertiary/aromatic N) is 3. The molecule has 0 bridgehead atoms. The van der Waals surface area contributed by atoms with Gasteiger partial charge in [-0.25, -0.2) is 0 Å². The normalized spacial score (nSPS) is 12.0. The van der Waals surface area contributed by atoms with Crippen LogP contribution in [-0.4, -0.2) is 92.0 Å². The van der Waals surface area contributed by atoms with Crippen LogP contribution in [0, 0.1) is 0 Å². The first-order valence-corrected chi connectivity index (χ1v) is 14.5. The quantitative estimate of drug-likeness (QED) is 0.0894. The van der Waals surface area contributed by atoms with Crippen LogP contribution in [0.15, 0.2) is 0 Å². The monoisotopic (exact) mass is 679 g/mol. The molecule has 6 heteroatoms. The van der Waals surface area contributed by atoms with E-state index < -0.39 is 0 Å². The van der Waals surface area contributed by atoms with E-state index in [1.54, 1.807) is 0 Å². The van der Waals surface area contributed by atoms with Crippen LogP contribution in [0.1, 0.15) is 107 Å². The summed E-state index contributed by atoms with van der Waals surface area (Å²) in [4.78, 5) is 0. The number of halogens is 3. The first-order valence-electron chi connectivity index (χ1n) is 14.5. The van der Waals surface area contributed by atoms with Crippen molar-refractivity contribution in [2.45, 2.75) is 107 Å². The van der Waals surface area contributed by atoms with Gasteiger partial charge in [-0.15, -0.1) is 0 Å². The zero-order valence-electron chi connectivity index (χ0n) is 24.6. The highest BCUT2D eigenvalue weighted by atomic mass is 79.9. The predicted octanol–water partition coefficient (Wildman–Crippen LogP) is -2.27. The summed E-state index contributed by atoms with van der Waals surface area (Å²) in [6.45, 7) is 35.1. The van der Waals surface area contributed by atoms with Gasteiger partial charge >= 0.3 is 0 Å². The van der Waals surface area contributed by atoms with E-state index in [1.165, 1.54) is 143 Å². The largest absolute Gasteiger partial charge is 1.00 e. The van der Waals surface area contributed by atoms with Crippen LogP contribution in [0.25, 0.3) is 0 Å². The van der Waals surface area contributed by atoms with E-state index in [2.05, 4.69) is 55.4 Å². The maximum absolute atomic E-state index is 2.43. The molecule has 0 aliphatic rings. The Hall–Kier alpha value is 1.32. The Morgan fingerprint density at radius 2 is 0.441 bits per heavy atom. The fourth-order valence-corrected chi connectivity index (χ4v) is 5.75. The van der Waals surface area contributed by atoms with E-state index in [0.29, 0.717) is 0 Å². The van der Waals surface area contributed by atoms with E-state index in [4.69, 9.17) is 0 Å². The highest BCUT2D eigenvalue weighted by Crippen LogP contribution is 2.16. The SMILES string of the molecule is CC[N+](CC)(CC)CCCCCC[N+](CC)(CC)CCCCCC[N+](CC)(CC)CC.[Br-].[Br-].[Br-]. The number of hydrogen-bond donors (Lipinski definition) is 0. The summed E-state index contributed by atoms with van der Waals surface area (Å²) in [6.07, 6.45) is 11.4. The molecule has 212 valence electrons. The molecule has 0 rings (SSSR count). The zero-order valence-corrected chi connectivity index (χ0v) is 29.4. The molecule has 0 aliphatic carbocycles. The molecule has 0 amide bonds. The van der Waals surface area contributed by atoms with Gasteiger partial charge in [-0.1, -0.05) is 0 Å². The van der Waals surface area contributed by atoms with Crippen molar-refractivity contribution in [1.82, 2.24) is 0 Å². The van der Waals surface area contributed by atoms with E-state index in [9.17, 15) is 0 Å². The van der Waals surface area contributed by atoms with Crippen molar-refractivity contribution < 1.29 is 64.4 Å². The van der Waals surface area contributed by atoms with Crippen molar-refractivity contribution in [3.8, 4) is 0 Å². The molecule has 0 fully saturated rings. The summed E-state index contributed by atoms with van der Waals surface area (Å²) in [5, 5.41) is 0. The van der Waals surface area contributed by atoms with Crippen LogP contribution in [-0.2, 0) is 0 Å². The van der Waals surface area contributed by atoms with Crippen LogP contribution in [0.2, 0.25) is 0 Å². The molecule has 0 heterocycles. The molecular formula is C28H64Br3N3. The van der Waals surface area contributed by atoms with Crippen LogP contribution in [0.4, 0.5) is 0 Å². The molecule has 0 aromatic heterocycles. The second-order valence-electron chi connectivity index (χ2n) is 10.3. The first-order chi connectivity index (χ1) is 14.9. The molecule has 0 spiro atoms. The van der Waals surface area contributed by atoms with E-state index in [-0.39, 0.29) is 50.9 Å². The summed E-state index contributed by atoms with van der Waals surface area (Å²) < 4.78 is 4.00. The fourth-order valence-electron chi connectivity index (χ4n) is 5.75. The molecule has 0 atom stereocenters. The lowest BCUT2D eigenvalue weighted by atomic mass is 10.1. The molecular weight excluding hydrogens is 618 g/mol. The smallest absolute Gasteiger partial charge is 0.0786 e. The first kappa shape index (κ1) is 42.4. The third kappa shape index (κ3) is 15.5. The highest BCUT2D eigenvalue weighted by Gasteiger charge is 2.23. The number of rotatable bonds is 22. The predicted molar refractivity (Wildman–Crippen MR) is 142 cm³/mol. The van der Waals surface area contributed by atoms with Gasteiger partial charge in [0.25, 0.3) is 0 Å². The van der Waals surface area contributed by atoms with Crippen LogP contribution in [0.5, 0.6) is 0 Å². The van der Waals surface area contributed by atoms with Gasteiger partial charge in [0.05, 0.1) is 78.5 Å². The van der Waals surface area contributed by atoms with Crippen molar-refractivity contribution in [3.63, 3.8) is 0 Å². The average Bonchev–Trinajstić information content (AvgIpc) is 2.83. The van der Waals surface area contributed by atoms with Crippen LogP contribution in [0.3, 0.4) is 0 Å². The lowest BCUT2D eigenvalue weighted by Gasteiger charge is -2.37. The Bertz CT molecular complexity index is 359. The van der Waals surface area contributed by atoms with Gasteiger partial charge in [0, 0.05) is 0 Å². The maximum atomic E-state index is 2.43. The lowest BCUT2D eigenvalue weighted by molar-refractivity contribution is -0.925. The fraction of sp³-hybridized carbons (Fsp3) is 1.00. The zero-order chi connectivity index (χ0) is 23.6. The minimum Gasteiger partial charge on any atom is -1.00 e. The Morgan fingerprint density at radius 1 is 0.265 bits per heavy atom. The molecule has 0 aromatic rings. The summed E-state index contributed by atoms with van der Waals surface area (Å²) in [5.41, 5.74) is 0.